The number of aryl methyl sites for hydroxylation is 1. The van der Waals surface area contributed by atoms with Crippen molar-refractivity contribution in [1.82, 2.24) is 5.32 Å². The van der Waals surface area contributed by atoms with Crippen molar-refractivity contribution in [3.8, 4) is 5.75 Å². The van der Waals surface area contributed by atoms with Crippen LogP contribution in [0.3, 0.4) is 0 Å². The van der Waals surface area contributed by atoms with Crippen molar-refractivity contribution in [2.24, 2.45) is 0 Å². The van der Waals surface area contributed by atoms with Gasteiger partial charge in [0.25, 0.3) is 5.91 Å². The van der Waals surface area contributed by atoms with Gasteiger partial charge in [0.2, 0.25) is 0 Å². The van der Waals surface area contributed by atoms with Crippen LogP contribution in [-0.4, -0.2) is 13.0 Å². The summed E-state index contributed by atoms with van der Waals surface area (Å²) in [4.78, 5) is 12.3. The van der Waals surface area contributed by atoms with Gasteiger partial charge in [-0.05, 0) is 55.3 Å². The zero-order chi connectivity index (χ0) is 15.4. The maximum absolute atomic E-state index is 12.3. The predicted octanol–water partition coefficient (Wildman–Crippen LogP) is 4.26. The van der Waals surface area contributed by atoms with E-state index >= 15 is 0 Å². The molecule has 0 aromatic heterocycles. The van der Waals surface area contributed by atoms with E-state index in [1.54, 1.807) is 13.2 Å². The molecule has 4 heteroatoms. The lowest BCUT2D eigenvalue weighted by Gasteiger charge is -2.15. The van der Waals surface area contributed by atoms with Gasteiger partial charge in [-0.2, -0.15) is 0 Å². The lowest BCUT2D eigenvalue weighted by molar-refractivity contribution is 0.0940. The van der Waals surface area contributed by atoms with Crippen molar-refractivity contribution in [2.75, 3.05) is 7.11 Å². The molecular formula is C17H18BrNO2. The molecule has 0 spiro atoms. The summed E-state index contributed by atoms with van der Waals surface area (Å²) in [5.74, 6) is 0.698. The first kappa shape index (κ1) is 15.6. The Morgan fingerprint density at radius 2 is 1.86 bits per heavy atom. The fraction of sp³-hybridized carbons (Fsp3) is 0.235. The summed E-state index contributed by atoms with van der Waals surface area (Å²) in [5, 5.41) is 3.00. The molecule has 2 rings (SSSR count). The van der Waals surface area contributed by atoms with Gasteiger partial charge in [-0.3, -0.25) is 4.79 Å². The number of benzene rings is 2. The number of rotatable bonds is 4. The van der Waals surface area contributed by atoms with Crippen molar-refractivity contribution < 1.29 is 9.53 Å². The molecule has 0 bridgehead atoms. The Balaban J connectivity index is 2.10. The predicted molar refractivity (Wildman–Crippen MR) is 87.8 cm³/mol. The van der Waals surface area contributed by atoms with Gasteiger partial charge in [0.15, 0.2) is 0 Å². The highest BCUT2D eigenvalue weighted by molar-refractivity contribution is 9.10. The molecule has 1 N–H and O–H groups in total. The fourth-order valence-electron chi connectivity index (χ4n) is 2.13. The summed E-state index contributed by atoms with van der Waals surface area (Å²) in [7, 11) is 1.62. The Kier molecular flexibility index (Phi) is 5.02. The number of carbonyl (C=O) groups excluding carboxylic acids is 1. The molecule has 2 aromatic rings. The van der Waals surface area contributed by atoms with E-state index in [9.17, 15) is 4.79 Å². The number of hydrogen-bond acceptors (Lipinski definition) is 2. The molecule has 0 saturated carbocycles. The van der Waals surface area contributed by atoms with Crippen molar-refractivity contribution >= 4 is 21.8 Å². The monoisotopic (exact) mass is 347 g/mol. The smallest absolute Gasteiger partial charge is 0.251 e. The number of amides is 1. The molecule has 0 saturated heterocycles. The molecule has 3 nitrogen and oxygen atoms in total. The van der Waals surface area contributed by atoms with Crippen LogP contribution in [0, 0.1) is 6.92 Å². The van der Waals surface area contributed by atoms with Gasteiger partial charge in [0.1, 0.15) is 5.75 Å². The molecule has 0 heterocycles. The first-order valence-electron chi connectivity index (χ1n) is 6.72. The quantitative estimate of drug-likeness (QED) is 0.897. The van der Waals surface area contributed by atoms with Gasteiger partial charge in [-0.25, -0.2) is 0 Å². The van der Waals surface area contributed by atoms with Gasteiger partial charge in [0, 0.05) is 10.0 Å². The van der Waals surface area contributed by atoms with Crippen LogP contribution in [0.5, 0.6) is 5.75 Å². The van der Waals surface area contributed by atoms with E-state index in [2.05, 4.69) is 21.2 Å². The van der Waals surface area contributed by atoms with E-state index in [1.807, 2.05) is 50.2 Å². The minimum atomic E-state index is -0.0869. The van der Waals surface area contributed by atoms with Gasteiger partial charge in [-0.1, -0.05) is 28.1 Å². The van der Waals surface area contributed by atoms with E-state index in [4.69, 9.17) is 4.74 Å². The highest BCUT2D eigenvalue weighted by Gasteiger charge is 2.12. The first-order valence-corrected chi connectivity index (χ1v) is 7.51. The number of ether oxygens (including phenoxy) is 1. The Morgan fingerprint density at radius 1 is 1.19 bits per heavy atom. The van der Waals surface area contributed by atoms with Crippen LogP contribution < -0.4 is 10.1 Å². The Bertz CT molecular complexity index is 638. The molecule has 0 unspecified atom stereocenters. The summed E-state index contributed by atoms with van der Waals surface area (Å²) < 4.78 is 6.23. The number of hydrogen-bond donors (Lipinski definition) is 1. The van der Waals surface area contributed by atoms with E-state index in [0.717, 1.165) is 21.3 Å². The van der Waals surface area contributed by atoms with Crippen LogP contribution in [-0.2, 0) is 0 Å². The average molecular weight is 348 g/mol. The van der Waals surface area contributed by atoms with Crippen LogP contribution >= 0.6 is 15.9 Å². The van der Waals surface area contributed by atoms with Crippen molar-refractivity contribution in [3.63, 3.8) is 0 Å². The van der Waals surface area contributed by atoms with Crippen molar-refractivity contribution in [1.29, 1.82) is 0 Å². The molecule has 0 aliphatic heterocycles. The SMILES string of the molecule is COc1ccc(C(=O)N[C@@H](C)c2ccc(Br)cc2)cc1C. The number of halogens is 1. The third-order valence-electron chi connectivity index (χ3n) is 3.37. The second kappa shape index (κ2) is 6.76. The minimum Gasteiger partial charge on any atom is -0.496 e. The highest BCUT2D eigenvalue weighted by Crippen LogP contribution is 2.20. The van der Waals surface area contributed by atoms with E-state index in [1.165, 1.54) is 0 Å². The normalized spacial score (nSPS) is 11.8. The minimum absolute atomic E-state index is 0.0481. The molecule has 0 radical (unpaired) electrons. The van der Waals surface area contributed by atoms with Crippen molar-refractivity contribution in [2.45, 2.75) is 19.9 Å². The topological polar surface area (TPSA) is 38.3 Å². The zero-order valence-corrected chi connectivity index (χ0v) is 13.9. The largest absolute Gasteiger partial charge is 0.496 e. The van der Waals surface area contributed by atoms with Gasteiger partial charge in [0.05, 0.1) is 13.2 Å². The number of carbonyl (C=O) groups is 1. The fourth-order valence-corrected chi connectivity index (χ4v) is 2.40. The number of methoxy groups -OCH3 is 1. The van der Waals surface area contributed by atoms with Crippen molar-refractivity contribution in [3.05, 3.63) is 63.6 Å². The van der Waals surface area contributed by atoms with E-state index in [-0.39, 0.29) is 11.9 Å². The maximum atomic E-state index is 12.3. The summed E-state index contributed by atoms with van der Waals surface area (Å²) in [6, 6.07) is 13.3. The van der Waals surface area contributed by atoms with Gasteiger partial charge >= 0.3 is 0 Å². The third kappa shape index (κ3) is 3.85. The lowest BCUT2D eigenvalue weighted by atomic mass is 10.1. The Hall–Kier alpha value is -1.81. The summed E-state index contributed by atoms with van der Waals surface area (Å²) in [5.41, 5.74) is 2.65. The average Bonchev–Trinajstić information content (AvgIpc) is 2.47. The molecule has 1 amide bonds. The lowest BCUT2D eigenvalue weighted by Crippen LogP contribution is -2.26. The number of nitrogens with one attached hydrogen (secondary N) is 1. The third-order valence-corrected chi connectivity index (χ3v) is 3.90. The van der Waals surface area contributed by atoms with Crippen LogP contribution in [0.25, 0.3) is 0 Å². The van der Waals surface area contributed by atoms with Crippen LogP contribution in [0.4, 0.5) is 0 Å². The van der Waals surface area contributed by atoms with Crippen LogP contribution in [0.15, 0.2) is 46.9 Å². The van der Waals surface area contributed by atoms with Crippen LogP contribution in [0.2, 0.25) is 0 Å². The molecule has 110 valence electrons. The molecule has 0 fully saturated rings. The summed E-state index contributed by atoms with van der Waals surface area (Å²) >= 11 is 3.40. The standard InChI is InChI=1S/C17H18BrNO2/c1-11-10-14(6-9-16(11)21-3)17(20)19-12(2)13-4-7-15(18)8-5-13/h4-10,12H,1-3H3,(H,19,20)/t12-/m0/s1. The Morgan fingerprint density at radius 3 is 2.43 bits per heavy atom. The molecule has 21 heavy (non-hydrogen) atoms. The second-order valence-corrected chi connectivity index (χ2v) is 5.85. The maximum Gasteiger partial charge on any atom is 0.251 e. The molecule has 1 atom stereocenters. The highest BCUT2D eigenvalue weighted by atomic mass is 79.9. The molecule has 2 aromatic carbocycles. The summed E-state index contributed by atoms with van der Waals surface area (Å²) in [6.07, 6.45) is 0. The second-order valence-electron chi connectivity index (χ2n) is 4.93. The summed E-state index contributed by atoms with van der Waals surface area (Å²) in [6.45, 7) is 3.89. The van der Waals surface area contributed by atoms with Crippen LogP contribution in [0.1, 0.15) is 34.5 Å². The van der Waals surface area contributed by atoms with Gasteiger partial charge in [-0.15, -0.1) is 0 Å². The Labute approximate surface area is 133 Å². The first-order chi connectivity index (χ1) is 10.0. The molecular weight excluding hydrogens is 330 g/mol. The van der Waals surface area contributed by atoms with E-state index in [0.29, 0.717) is 5.56 Å². The molecule has 0 aliphatic carbocycles. The zero-order valence-electron chi connectivity index (χ0n) is 12.3. The van der Waals surface area contributed by atoms with Gasteiger partial charge < -0.3 is 10.1 Å². The molecule has 0 aliphatic rings. The van der Waals surface area contributed by atoms with E-state index < -0.39 is 0 Å².